The van der Waals surface area contributed by atoms with Gasteiger partial charge in [0.1, 0.15) is 5.82 Å². The summed E-state index contributed by atoms with van der Waals surface area (Å²) in [5.74, 6) is 0.436. The van der Waals surface area contributed by atoms with E-state index in [1.54, 1.807) is 6.07 Å². The number of hydrogen-bond donors (Lipinski definition) is 0. The standard InChI is InChI=1S/C13H17BrClF/c1-3-13(4-2,9-15)8-10-7-11(14)5-6-12(10)16/h5-7H,3-4,8-9H2,1-2H3. The van der Waals surface area contributed by atoms with Gasteiger partial charge < -0.3 is 0 Å². The van der Waals surface area contributed by atoms with Crippen molar-refractivity contribution < 1.29 is 4.39 Å². The largest absolute Gasteiger partial charge is 0.207 e. The zero-order valence-electron chi connectivity index (χ0n) is 9.69. The van der Waals surface area contributed by atoms with Gasteiger partial charge in [-0.3, -0.25) is 0 Å². The van der Waals surface area contributed by atoms with Crippen LogP contribution in [0.2, 0.25) is 0 Å². The Balaban J connectivity index is 2.97. The van der Waals surface area contributed by atoms with E-state index in [9.17, 15) is 4.39 Å². The van der Waals surface area contributed by atoms with Crippen LogP contribution in [-0.2, 0) is 6.42 Å². The maximum Gasteiger partial charge on any atom is 0.126 e. The van der Waals surface area contributed by atoms with Crippen molar-refractivity contribution in [2.45, 2.75) is 33.1 Å². The number of benzene rings is 1. The minimum atomic E-state index is -0.139. The minimum Gasteiger partial charge on any atom is -0.207 e. The zero-order valence-corrected chi connectivity index (χ0v) is 12.0. The molecule has 3 heteroatoms. The van der Waals surface area contributed by atoms with Gasteiger partial charge in [-0.25, -0.2) is 4.39 Å². The molecule has 0 radical (unpaired) electrons. The average Bonchev–Trinajstić information content (AvgIpc) is 2.31. The molecule has 0 nitrogen and oxygen atoms in total. The maximum atomic E-state index is 13.6. The van der Waals surface area contributed by atoms with Crippen LogP contribution in [0.1, 0.15) is 32.3 Å². The molecule has 0 amide bonds. The number of rotatable bonds is 5. The summed E-state index contributed by atoms with van der Waals surface area (Å²) in [5, 5.41) is 0. The van der Waals surface area contributed by atoms with Crippen molar-refractivity contribution in [2.24, 2.45) is 5.41 Å². The Morgan fingerprint density at radius 2 is 1.94 bits per heavy atom. The first kappa shape index (κ1) is 14.0. The zero-order chi connectivity index (χ0) is 12.2. The molecule has 1 aromatic carbocycles. The van der Waals surface area contributed by atoms with Gasteiger partial charge in [0, 0.05) is 10.4 Å². The third-order valence-corrected chi connectivity index (χ3v) is 4.42. The van der Waals surface area contributed by atoms with E-state index in [-0.39, 0.29) is 11.2 Å². The normalized spacial score (nSPS) is 11.8. The molecule has 16 heavy (non-hydrogen) atoms. The molecule has 0 saturated heterocycles. The van der Waals surface area contributed by atoms with Crippen LogP contribution in [-0.4, -0.2) is 5.88 Å². The van der Waals surface area contributed by atoms with Gasteiger partial charge in [0.2, 0.25) is 0 Å². The van der Waals surface area contributed by atoms with Crippen molar-refractivity contribution in [1.82, 2.24) is 0 Å². The van der Waals surface area contributed by atoms with Gasteiger partial charge in [0.15, 0.2) is 0 Å². The SMILES string of the molecule is CCC(CC)(CCl)Cc1cc(Br)ccc1F. The Hall–Kier alpha value is -0.0800. The Morgan fingerprint density at radius 3 is 2.44 bits per heavy atom. The highest BCUT2D eigenvalue weighted by molar-refractivity contribution is 9.10. The van der Waals surface area contributed by atoms with Crippen molar-refractivity contribution in [1.29, 1.82) is 0 Å². The molecule has 1 rings (SSSR count). The van der Waals surface area contributed by atoms with Crippen LogP contribution in [0.15, 0.2) is 22.7 Å². The van der Waals surface area contributed by atoms with Crippen molar-refractivity contribution in [3.05, 3.63) is 34.1 Å². The van der Waals surface area contributed by atoms with Crippen LogP contribution < -0.4 is 0 Å². The molecule has 0 spiro atoms. The fraction of sp³-hybridized carbons (Fsp3) is 0.538. The smallest absolute Gasteiger partial charge is 0.126 e. The molecule has 0 fully saturated rings. The lowest BCUT2D eigenvalue weighted by molar-refractivity contribution is 0.297. The molecular weight excluding hydrogens is 290 g/mol. The Labute approximate surface area is 110 Å². The van der Waals surface area contributed by atoms with E-state index in [1.165, 1.54) is 6.07 Å². The topological polar surface area (TPSA) is 0 Å². The highest BCUT2D eigenvalue weighted by Crippen LogP contribution is 2.33. The highest BCUT2D eigenvalue weighted by Gasteiger charge is 2.26. The summed E-state index contributed by atoms with van der Waals surface area (Å²) < 4.78 is 14.6. The second-order valence-electron chi connectivity index (χ2n) is 4.25. The van der Waals surface area contributed by atoms with E-state index < -0.39 is 0 Å². The highest BCUT2D eigenvalue weighted by atomic mass is 79.9. The predicted octanol–water partition coefficient (Wildman–Crippen LogP) is 5.18. The first-order valence-electron chi connectivity index (χ1n) is 5.57. The maximum absolute atomic E-state index is 13.6. The average molecular weight is 308 g/mol. The van der Waals surface area contributed by atoms with Gasteiger partial charge in [-0.1, -0.05) is 29.8 Å². The predicted molar refractivity (Wildman–Crippen MR) is 71.5 cm³/mol. The van der Waals surface area contributed by atoms with Crippen molar-refractivity contribution in [2.75, 3.05) is 5.88 Å². The number of alkyl halides is 1. The van der Waals surface area contributed by atoms with Gasteiger partial charge in [-0.2, -0.15) is 0 Å². The van der Waals surface area contributed by atoms with Gasteiger partial charge in [-0.05, 0) is 48.4 Å². The van der Waals surface area contributed by atoms with Crippen LogP contribution in [0.5, 0.6) is 0 Å². The van der Waals surface area contributed by atoms with Crippen molar-refractivity contribution in [3.8, 4) is 0 Å². The third kappa shape index (κ3) is 3.21. The molecule has 0 atom stereocenters. The molecular formula is C13H17BrClF. The molecule has 0 saturated carbocycles. The molecule has 1 aromatic rings. The van der Waals surface area contributed by atoms with Crippen molar-refractivity contribution in [3.63, 3.8) is 0 Å². The first-order valence-corrected chi connectivity index (χ1v) is 6.89. The minimum absolute atomic E-state index is 0.0171. The molecule has 0 N–H and O–H groups in total. The Bertz CT molecular complexity index is 340. The van der Waals surface area contributed by atoms with E-state index in [0.29, 0.717) is 12.3 Å². The first-order chi connectivity index (χ1) is 7.56. The summed E-state index contributed by atoms with van der Waals surface area (Å²) in [7, 11) is 0. The van der Waals surface area contributed by atoms with Gasteiger partial charge >= 0.3 is 0 Å². The monoisotopic (exact) mass is 306 g/mol. The summed E-state index contributed by atoms with van der Waals surface area (Å²) >= 11 is 9.40. The number of halogens is 3. The van der Waals surface area contributed by atoms with E-state index in [4.69, 9.17) is 11.6 Å². The van der Waals surface area contributed by atoms with Crippen molar-refractivity contribution >= 4 is 27.5 Å². The summed E-state index contributed by atoms with van der Waals surface area (Å²) in [6, 6.07) is 5.07. The third-order valence-electron chi connectivity index (χ3n) is 3.36. The molecule has 0 aliphatic rings. The van der Waals surface area contributed by atoms with E-state index in [0.717, 1.165) is 22.9 Å². The molecule has 0 unspecified atom stereocenters. The summed E-state index contributed by atoms with van der Waals surface area (Å²) in [4.78, 5) is 0. The molecule has 0 aliphatic carbocycles. The Morgan fingerprint density at radius 1 is 1.31 bits per heavy atom. The molecule has 90 valence electrons. The second-order valence-corrected chi connectivity index (χ2v) is 5.44. The lowest BCUT2D eigenvalue weighted by Gasteiger charge is -2.29. The van der Waals surface area contributed by atoms with Gasteiger partial charge in [0.25, 0.3) is 0 Å². The van der Waals surface area contributed by atoms with Crippen LogP contribution in [0.3, 0.4) is 0 Å². The summed E-state index contributed by atoms with van der Waals surface area (Å²) in [6.45, 7) is 4.23. The molecule has 0 heterocycles. The number of hydrogen-bond acceptors (Lipinski definition) is 0. The van der Waals surface area contributed by atoms with Gasteiger partial charge in [0.05, 0.1) is 0 Å². The quantitative estimate of drug-likeness (QED) is 0.658. The van der Waals surface area contributed by atoms with Crippen LogP contribution in [0.4, 0.5) is 4.39 Å². The summed E-state index contributed by atoms with van der Waals surface area (Å²) in [6.07, 6.45) is 2.65. The lowest BCUT2D eigenvalue weighted by atomic mass is 9.78. The molecule has 0 aliphatic heterocycles. The fourth-order valence-corrected chi connectivity index (χ4v) is 2.70. The van der Waals surface area contributed by atoms with E-state index in [1.807, 2.05) is 6.07 Å². The lowest BCUT2D eigenvalue weighted by Crippen LogP contribution is -2.24. The van der Waals surface area contributed by atoms with E-state index in [2.05, 4.69) is 29.8 Å². The van der Waals surface area contributed by atoms with Crippen LogP contribution in [0, 0.1) is 11.2 Å². The fourth-order valence-electron chi connectivity index (χ4n) is 1.82. The van der Waals surface area contributed by atoms with Crippen LogP contribution in [0.25, 0.3) is 0 Å². The molecule has 0 aromatic heterocycles. The van der Waals surface area contributed by atoms with Gasteiger partial charge in [-0.15, -0.1) is 11.6 Å². The second kappa shape index (κ2) is 6.02. The van der Waals surface area contributed by atoms with E-state index >= 15 is 0 Å². The van der Waals surface area contributed by atoms with Crippen LogP contribution >= 0.6 is 27.5 Å². The molecule has 0 bridgehead atoms. The Kier molecular flexibility index (Phi) is 5.26. The summed E-state index contributed by atoms with van der Waals surface area (Å²) in [5.41, 5.74) is 0.766.